The SMILES string of the molecule is C(#Cc1cnc([C@@H]2CCCN2)[nH]1)c1ccc(-c2ccc3nc(C4CCCC4)[nH]c3c2)cc1. The number of fused-ring (bicyclic) bond motifs is 1. The number of rotatable bonds is 3. The third-order valence-corrected chi connectivity index (χ3v) is 6.79. The highest BCUT2D eigenvalue weighted by Crippen LogP contribution is 2.34. The Kier molecular flexibility index (Phi) is 5.01. The van der Waals surface area contributed by atoms with Gasteiger partial charge in [-0.25, -0.2) is 9.97 Å². The van der Waals surface area contributed by atoms with Crippen LogP contribution in [0.2, 0.25) is 0 Å². The summed E-state index contributed by atoms with van der Waals surface area (Å²) in [5, 5.41) is 3.46. The summed E-state index contributed by atoms with van der Waals surface area (Å²) >= 11 is 0. The van der Waals surface area contributed by atoms with Gasteiger partial charge in [-0.3, -0.25) is 0 Å². The molecule has 2 aromatic heterocycles. The molecule has 3 heterocycles. The zero-order chi connectivity index (χ0) is 21.3. The van der Waals surface area contributed by atoms with Crippen LogP contribution >= 0.6 is 0 Å². The lowest BCUT2D eigenvalue weighted by atomic mass is 10.0. The van der Waals surface area contributed by atoms with Crippen molar-refractivity contribution in [3.05, 3.63) is 71.6 Å². The zero-order valence-electron chi connectivity index (χ0n) is 18.1. The predicted octanol–water partition coefficient (Wildman–Crippen LogP) is 5.43. The molecule has 160 valence electrons. The van der Waals surface area contributed by atoms with Gasteiger partial charge in [0.1, 0.15) is 17.3 Å². The third kappa shape index (κ3) is 3.83. The van der Waals surface area contributed by atoms with Crippen molar-refractivity contribution in [3.8, 4) is 23.0 Å². The van der Waals surface area contributed by atoms with E-state index in [-0.39, 0.29) is 0 Å². The van der Waals surface area contributed by atoms with Crippen molar-refractivity contribution in [2.24, 2.45) is 0 Å². The fourth-order valence-corrected chi connectivity index (χ4v) is 4.98. The van der Waals surface area contributed by atoms with E-state index in [1.165, 1.54) is 43.2 Å². The van der Waals surface area contributed by atoms with Gasteiger partial charge in [0, 0.05) is 11.5 Å². The van der Waals surface area contributed by atoms with Crippen molar-refractivity contribution in [2.75, 3.05) is 6.54 Å². The van der Waals surface area contributed by atoms with Gasteiger partial charge in [0.25, 0.3) is 0 Å². The summed E-state index contributed by atoms with van der Waals surface area (Å²) in [4.78, 5) is 16.2. The van der Waals surface area contributed by atoms with E-state index in [0.29, 0.717) is 12.0 Å². The highest BCUT2D eigenvalue weighted by Gasteiger charge is 2.20. The highest BCUT2D eigenvalue weighted by atomic mass is 15.0. The van der Waals surface area contributed by atoms with Gasteiger partial charge < -0.3 is 15.3 Å². The van der Waals surface area contributed by atoms with Gasteiger partial charge in [-0.2, -0.15) is 0 Å². The molecule has 1 atom stereocenters. The lowest BCUT2D eigenvalue weighted by Gasteiger charge is -2.04. The summed E-state index contributed by atoms with van der Waals surface area (Å²) in [6.07, 6.45) is 9.32. The number of nitrogens with one attached hydrogen (secondary N) is 3. The van der Waals surface area contributed by atoms with E-state index in [1.54, 1.807) is 0 Å². The van der Waals surface area contributed by atoms with Gasteiger partial charge in [0.05, 0.1) is 23.3 Å². The van der Waals surface area contributed by atoms with Crippen molar-refractivity contribution in [3.63, 3.8) is 0 Å². The Morgan fingerprint density at radius 1 is 0.812 bits per heavy atom. The third-order valence-electron chi connectivity index (χ3n) is 6.79. The molecule has 0 amide bonds. The monoisotopic (exact) mass is 421 g/mol. The van der Waals surface area contributed by atoms with Crippen LogP contribution in [0.4, 0.5) is 0 Å². The molecule has 0 spiro atoms. The lowest BCUT2D eigenvalue weighted by Crippen LogP contribution is -2.14. The Morgan fingerprint density at radius 2 is 1.66 bits per heavy atom. The van der Waals surface area contributed by atoms with Crippen LogP contribution in [0, 0.1) is 11.8 Å². The van der Waals surface area contributed by atoms with Crippen LogP contribution in [0.3, 0.4) is 0 Å². The number of aromatic amines is 2. The average Bonchev–Trinajstić information content (AvgIpc) is 3.63. The van der Waals surface area contributed by atoms with Crippen molar-refractivity contribution >= 4 is 11.0 Å². The maximum Gasteiger partial charge on any atom is 0.124 e. The minimum Gasteiger partial charge on any atom is -0.342 e. The molecular weight excluding hydrogens is 394 g/mol. The molecule has 1 saturated heterocycles. The van der Waals surface area contributed by atoms with Crippen molar-refractivity contribution < 1.29 is 0 Å². The summed E-state index contributed by atoms with van der Waals surface area (Å²) in [6, 6.07) is 15.3. The van der Waals surface area contributed by atoms with Crippen molar-refractivity contribution in [2.45, 2.75) is 50.5 Å². The molecule has 32 heavy (non-hydrogen) atoms. The lowest BCUT2D eigenvalue weighted by molar-refractivity contribution is 0.612. The number of H-pyrrole nitrogens is 2. The first-order chi connectivity index (χ1) is 15.8. The topological polar surface area (TPSA) is 69.4 Å². The molecule has 5 nitrogen and oxygen atoms in total. The molecule has 2 aliphatic rings. The van der Waals surface area contributed by atoms with E-state index >= 15 is 0 Å². The molecule has 0 radical (unpaired) electrons. The normalized spacial score (nSPS) is 18.8. The largest absolute Gasteiger partial charge is 0.342 e. The summed E-state index contributed by atoms with van der Waals surface area (Å²) < 4.78 is 0. The number of benzene rings is 2. The molecular formula is C27H27N5. The van der Waals surface area contributed by atoms with E-state index in [9.17, 15) is 0 Å². The Morgan fingerprint density at radius 3 is 2.47 bits per heavy atom. The Bertz CT molecular complexity index is 1290. The number of hydrogen-bond donors (Lipinski definition) is 3. The van der Waals surface area contributed by atoms with Gasteiger partial charge in [-0.15, -0.1) is 0 Å². The van der Waals surface area contributed by atoms with Gasteiger partial charge in [-0.05, 0) is 73.5 Å². The minimum absolute atomic E-state index is 0.339. The second kappa shape index (κ2) is 8.29. The Hall–Kier alpha value is -3.36. The molecule has 2 fully saturated rings. The van der Waals surface area contributed by atoms with Gasteiger partial charge >= 0.3 is 0 Å². The number of imidazole rings is 2. The standard InChI is InChI=1S/C27H27N5/c1-2-5-20(4-1)26-31-23-14-12-21(16-25(23)32-26)19-10-7-18(8-11-19)9-13-22-17-29-27(30-22)24-6-3-15-28-24/h7-8,10-12,14,16-17,20,24,28H,1-6,15H2,(H,29,30)(H,31,32)/t24-/m0/s1. The van der Waals surface area contributed by atoms with Crippen LogP contribution in [0.1, 0.15) is 73.4 Å². The van der Waals surface area contributed by atoms with Crippen molar-refractivity contribution in [1.29, 1.82) is 0 Å². The van der Waals surface area contributed by atoms with E-state index in [1.807, 2.05) is 6.20 Å². The second-order valence-electron chi connectivity index (χ2n) is 8.99. The van der Waals surface area contributed by atoms with E-state index < -0.39 is 0 Å². The molecule has 4 aromatic rings. The van der Waals surface area contributed by atoms with Crippen LogP contribution in [0.15, 0.2) is 48.7 Å². The molecule has 0 bridgehead atoms. The van der Waals surface area contributed by atoms with Crippen LogP contribution in [-0.4, -0.2) is 26.5 Å². The first-order valence-corrected chi connectivity index (χ1v) is 11.7. The zero-order valence-corrected chi connectivity index (χ0v) is 18.1. The van der Waals surface area contributed by atoms with Gasteiger partial charge in [-0.1, -0.05) is 37.0 Å². The summed E-state index contributed by atoms with van der Waals surface area (Å²) in [5.41, 5.74) is 6.42. The van der Waals surface area contributed by atoms with E-state index in [4.69, 9.17) is 4.98 Å². The molecule has 2 aromatic carbocycles. The minimum atomic E-state index is 0.339. The van der Waals surface area contributed by atoms with Crippen LogP contribution in [0.25, 0.3) is 22.2 Å². The molecule has 1 aliphatic heterocycles. The van der Waals surface area contributed by atoms with Gasteiger partial charge in [0.15, 0.2) is 0 Å². The summed E-state index contributed by atoms with van der Waals surface area (Å²) in [7, 11) is 0. The first kappa shape index (κ1) is 19.3. The van der Waals surface area contributed by atoms with Crippen LogP contribution in [-0.2, 0) is 0 Å². The fraction of sp³-hybridized carbons (Fsp3) is 0.333. The van der Waals surface area contributed by atoms with Crippen LogP contribution < -0.4 is 5.32 Å². The summed E-state index contributed by atoms with van der Waals surface area (Å²) in [5.74, 6) is 9.21. The van der Waals surface area contributed by atoms with Gasteiger partial charge in [0.2, 0.25) is 0 Å². The molecule has 1 aliphatic carbocycles. The quantitative estimate of drug-likeness (QED) is 0.386. The predicted molar refractivity (Wildman–Crippen MR) is 127 cm³/mol. The smallest absolute Gasteiger partial charge is 0.124 e. The maximum atomic E-state index is 4.84. The summed E-state index contributed by atoms with van der Waals surface area (Å²) in [6.45, 7) is 1.06. The Labute approximate surface area is 188 Å². The van der Waals surface area contributed by atoms with E-state index in [2.05, 4.69) is 74.6 Å². The number of hydrogen-bond acceptors (Lipinski definition) is 3. The maximum absolute atomic E-state index is 4.84. The highest BCUT2D eigenvalue weighted by molar-refractivity contribution is 5.82. The molecule has 1 saturated carbocycles. The number of nitrogens with zero attached hydrogens (tertiary/aromatic N) is 2. The molecule has 3 N–H and O–H groups in total. The first-order valence-electron chi connectivity index (χ1n) is 11.7. The second-order valence-corrected chi connectivity index (χ2v) is 8.99. The fourth-order valence-electron chi connectivity index (χ4n) is 4.98. The molecule has 6 rings (SSSR count). The van der Waals surface area contributed by atoms with Crippen LogP contribution in [0.5, 0.6) is 0 Å². The molecule has 5 heteroatoms. The van der Waals surface area contributed by atoms with E-state index in [0.717, 1.165) is 46.9 Å². The average molecular weight is 422 g/mol. The number of aromatic nitrogens is 4. The Balaban J connectivity index is 1.19. The molecule has 0 unspecified atom stereocenters. The van der Waals surface area contributed by atoms with Crippen molar-refractivity contribution in [1.82, 2.24) is 25.3 Å².